The van der Waals surface area contributed by atoms with E-state index in [2.05, 4.69) is 22.2 Å². The van der Waals surface area contributed by atoms with E-state index in [9.17, 15) is 22.7 Å². The summed E-state index contributed by atoms with van der Waals surface area (Å²) in [5.41, 5.74) is -0.556. The van der Waals surface area contributed by atoms with Crippen LogP contribution in [0.5, 0.6) is 5.75 Å². The number of benzene rings is 2. The maximum absolute atomic E-state index is 13.5. The monoisotopic (exact) mass is 513 g/mol. The van der Waals surface area contributed by atoms with Gasteiger partial charge >= 0.3 is 6.18 Å². The van der Waals surface area contributed by atoms with E-state index in [1.54, 1.807) is 24.0 Å². The average Bonchev–Trinajstić information content (AvgIpc) is 2.83. The second-order valence-electron chi connectivity index (χ2n) is 9.19. The maximum atomic E-state index is 13.5. The van der Waals surface area contributed by atoms with E-state index in [4.69, 9.17) is 4.74 Å². The highest BCUT2D eigenvalue weighted by atomic mass is 32.2. The number of hydrogen-bond donors (Lipinski definition) is 1. The van der Waals surface area contributed by atoms with Crippen molar-refractivity contribution in [1.29, 1.82) is 0 Å². The molecule has 2 atom stereocenters. The van der Waals surface area contributed by atoms with Crippen molar-refractivity contribution in [3.05, 3.63) is 53.3 Å². The molecule has 192 valence electrons. The Morgan fingerprint density at radius 2 is 1.80 bits per heavy atom. The number of alkyl halides is 3. The molecule has 0 aliphatic carbocycles. The summed E-state index contributed by atoms with van der Waals surface area (Å²) in [4.78, 5) is 4.82. The lowest BCUT2D eigenvalue weighted by molar-refractivity contribution is -0.141. The number of halogens is 4. The summed E-state index contributed by atoms with van der Waals surface area (Å²) in [6.07, 6.45) is -3.79. The van der Waals surface area contributed by atoms with E-state index in [1.165, 1.54) is 12.8 Å². The van der Waals surface area contributed by atoms with Gasteiger partial charge < -0.3 is 14.7 Å². The molecule has 10 heteroatoms. The number of anilines is 1. The van der Waals surface area contributed by atoms with Gasteiger partial charge in [0, 0.05) is 49.7 Å². The molecule has 2 heterocycles. The van der Waals surface area contributed by atoms with Gasteiger partial charge in [-0.1, -0.05) is 13.0 Å². The largest absolute Gasteiger partial charge is 0.495 e. The number of methoxy groups -OCH3 is 1. The number of rotatable bonds is 6. The van der Waals surface area contributed by atoms with Crippen LogP contribution in [0.15, 0.2) is 41.3 Å². The van der Waals surface area contributed by atoms with Crippen molar-refractivity contribution >= 4 is 17.6 Å². The molecule has 0 aromatic heterocycles. The number of nitrogens with zero attached hydrogens (tertiary/aromatic N) is 3. The lowest BCUT2D eigenvalue weighted by Crippen LogP contribution is -2.48. The molecule has 2 aromatic carbocycles. The minimum Gasteiger partial charge on any atom is -0.495 e. The maximum Gasteiger partial charge on any atom is 0.416 e. The standard InChI is InChI=1S/C25H31F4N3O2S/c1-17-4-3-9-32(16-17)35-19-6-8-23(34-2)22(15-19)30-10-12-31(13-11-30)24(33)20-7-5-18(26)14-21(20)25(27,28)29/h5-8,14-15,17,24,33H,3-4,9-13,16H2,1-2H3. The van der Waals surface area contributed by atoms with Gasteiger partial charge in [0.15, 0.2) is 0 Å². The van der Waals surface area contributed by atoms with Gasteiger partial charge in [-0.2, -0.15) is 13.2 Å². The van der Waals surface area contributed by atoms with E-state index in [1.807, 2.05) is 12.1 Å². The molecule has 5 nitrogen and oxygen atoms in total. The first-order valence-corrected chi connectivity index (χ1v) is 12.6. The molecule has 1 N–H and O–H groups in total. The first-order valence-electron chi connectivity index (χ1n) is 11.8. The van der Waals surface area contributed by atoms with Crippen molar-refractivity contribution in [3.63, 3.8) is 0 Å². The third kappa shape index (κ3) is 6.22. The molecule has 0 amide bonds. The SMILES string of the molecule is COc1ccc(SN2CCCC(C)C2)cc1N1CCN(C(O)c2ccc(F)cc2C(F)(F)F)CC1. The van der Waals surface area contributed by atoms with Crippen molar-refractivity contribution in [1.82, 2.24) is 9.21 Å². The molecule has 0 saturated carbocycles. The number of aliphatic hydroxyl groups is 1. The van der Waals surface area contributed by atoms with Gasteiger partial charge in [0.05, 0.1) is 18.4 Å². The minimum atomic E-state index is -4.75. The quantitative estimate of drug-likeness (QED) is 0.412. The highest BCUT2D eigenvalue weighted by Crippen LogP contribution is 2.38. The molecule has 0 bridgehead atoms. The number of ether oxygens (including phenoxy) is 1. The molecule has 2 aliphatic heterocycles. The molecule has 2 saturated heterocycles. The van der Waals surface area contributed by atoms with Crippen LogP contribution in [0.25, 0.3) is 0 Å². The molecule has 4 rings (SSSR count). The fourth-order valence-corrected chi connectivity index (χ4v) is 5.90. The molecule has 2 fully saturated rings. The predicted octanol–water partition coefficient (Wildman–Crippen LogP) is 5.41. The minimum absolute atomic E-state index is 0.334. The summed E-state index contributed by atoms with van der Waals surface area (Å²) in [7, 11) is 1.62. The lowest BCUT2D eigenvalue weighted by Gasteiger charge is -2.39. The van der Waals surface area contributed by atoms with E-state index in [-0.39, 0.29) is 5.56 Å². The van der Waals surface area contributed by atoms with Crippen LogP contribution in [0.3, 0.4) is 0 Å². The van der Waals surface area contributed by atoms with E-state index >= 15 is 0 Å². The average molecular weight is 514 g/mol. The topological polar surface area (TPSA) is 39.2 Å². The fourth-order valence-electron chi connectivity index (χ4n) is 4.76. The first kappa shape index (κ1) is 26.1. The van der Waals surface area contributed by atoms with Crippen LogP contribution in [-0.4, -0.2) is 60.7 Å². The van der Waals surface area contributed by atoms with Crippen molar-refractivity contribution in [2.75, 3.05) is 51.3 Å². The van der Waals surface area contributed by atoms with Crippen molar-refractivity contribution < 1.29 is 27.4 Å². The zero-order valence-electron chi connectivity index (χ0n) is 19.9. The number of hydrogen-bond acceptors (Lipinski definition) is 6. The zero-order valence-corrected chi connectivity index (χ0v) is 20.7. The summed E-state index contributed by atoms with van der Waals surface area (Å²) in [5, 5.41) is 10.7. The summed E-state index contributed by atoms with van der Waals surface area (Å²) < 4.78 is 61.7. The van der Waals surface area contributed by atoms with Crippen LogP contribution >= 0.6 is 11.9 Å². The van der Waals surface area contributed by atoms with E-state index in [0.717, 1.165) is 41.6 Å². The third-order valence-electron chi connectivity index (χ3n) is 6.60. The normalized spacial score (nSPS) is 21.2. The Kier molecular flexibility index (Phi) is 8.15. The molecular formula is C25H31F4N3O2S. The number of piperazine rings is 1. The van der Waals surface area contributed by atoms with Gasteiger partial charge in [-0.3, -0.25) is 4.90 Å². The van der Waals surface area contributed by atoms with Gasteiger partial charge in [-0.05, 0) is 61.0 Å². The smallest absolute Gasteiger partial charge is 0.416 e. The van der Waals surface area contributed by atoms with Crippen molar-refractivity contribution in [2.45, 2.75) is 37.1 Å². The Labute approximate surface area is 207 Å². The molecular weight excluding hydrogens is 482 g/mol. The molecule has 2 aromatic rings. The van der Waals surface area contributed by atoms with Crippen LogP contribution in [0.2, 0.25) is 0 Å². The van der Waals surface area contributed by atoms with Crippen molar-refractivity contribution in [2.24, 2.45) is 5.92 Å². The van der Waals surface area contributed by atoms with Gasteiger partial charge in [-0.25, -0.2) is 8.70 Å². The highest BCUT2D eigenvalue weighted by molar-refractivity contribution is 7.97. The molecule has 2 unspecified atom stereocenters. The molecule has 0 radical (unpaired) electrons. The summed E-state index contributed by atoms with van der Waals surface area (Å²) in [6.45, 7) is 6.07. The Morgan fingerprint density at radius 1 is 1.06 bits per heavy atom. The van der Waals surface area contributed by atoms with Crippen LogP contribution < -0.4 is 9.64 Å². The van der Waals surface area contributed by atoms with Crippen LogP contribution in [0.1, 0.15) is 37.1 Å². The van der Waals surface area contributed by atoms with E-state index in [0.29, 0.717) is 38.2 Å². The third-order valence-corrected chi connectivity index (χ3v) is 7.66. The van der Waals surface area contributed by atoms with Gasteiger partial charge in [-0.15, -0.1) is 0 Å². The Hall–Kier alpha value is -2.01. The summed E-state index contributed by atoms with van der Waals surface area (Å²) >= 11 is 1.74. The van der Waals surface area contributed by atoms with Gasteiger partial charge in [0.1, 0.15) is 17.8 Å². The predicted molar refractivity (Wildman–Crippen MR) is 129 cm³/mol. The van der Waals surface area contributed by atoms with Crippen LogP contribution in [0.4, 0.5) is 23.2 Å². The Morgan fingerprint density at radius 3 is 2.46 bits per heavy atom. The van der Waals surface area contributed by atoms with Gasteiger partial charge in [0.25, 0.3) is 0 Å². The van der Waals surface area contributed by atoms with Crippen LogP contribution in [0, 0.1) is 11.7 Å². The number of piperidine rings is 1. The first-order chi connectivity index (χ1) is 16.7. The van der Waals surface area contributed by atoms with Gasteiger partial charge in [0.2, 0.25) is 0 Å². The molecule has 2 aliphatic rings. The van der Waals surface area contributed by atoms with Crippen molar-refractivity contribution in [3.8, 4) is 5.75 Å². The van der Waals surface area contributed by atoms with E-state index < -0.39 is 23.8 Å². The Balaban J connectivity index is 1.46. The second kappa shape index (κ2) is 10.9. The molecule has 0 spiro atoms. The lowest BCUT2D eigenvalue weighted by atomic mass is 10.0. The zero-order chi connectivity index (χ0) is 25.2. The number of aliphatic hydroxyl groups excluding tert-OH is 1. The highest BCUT2D eigenvalue weighted by Gasteiger charge is 2.37. The molecule has 35 heavy (non-hydrogen) atoms. The summed E-state index contributed by atoms with van der Waals surface area (Å²) in [5.74, 6) is 0.419. The fraction of sp³-hybridized carbons (Fsp3) is 0.520. The summed E-state index contributed by atoms with van der Waals surface area (Å²) in [6, 6.07) is 8.48. The Bertz CT molecular complexity index is 1010. The second-order valence-corrected chi connectivity index (χ2v) is 10.4. The van der Waals surface area contributed by atoms with Crippen LogP contribution in [-0.2, 0) is 6.18 Å².